The van der Waals surface area contributed by atoms with Gasteiger partial charge >= 0.3 is 0 Å². The largest absolute Gasteiger partial charge is 0.299 e. The highest BCUT2D eigenvalue weighted by atomic mass is 19.1. The van der Waals surface area contributed by atoms with Crippen molar-refractivity contribution < 1.29 is 4.39 Å². The average Bonchev–Trinajstić information content (AvgIpc) is 2.64. The number of aromatic nitrogens is 1. The fraction of sp³-hybridized carbons (Fsp3) is 0.583. The van der Waals surface area contributed by atoms with E-state index in [0.29, 0.717) is 6.04 Å². The summed E-state index contributed by atoms with van der Waals surface area (Å²) in [5, 5.41) is 0. The van der Waals surface area contributed by atoms with E-state index in [-0.39, 0.29) is 5.82 Å². The molecule has 0 aliphatic carbocycles. The molecule has 3 heteroatoms. The summed E-state index contributed by atoms with van der Waals surface area (Å²) in [6, 6.07) is 2.02. The summed E-state index contributed by atoms with van der Waals surface area (Å²) >= 11 is 0. The van der Waals surface area contributed by atoms with Crippen LogP contribution in [0.4, 0.5) is 4.39 Å². The minimum atomic E-state index is -0.220. The topological polar surface area (TPSA) is 16.1 Å². The lowest BCUT2D eigenvalue weighted by Crippen LogP contribution is -2.19. The maximum atomic E-state index is 13.2. The number of pyridine rings is 1. The molecule has 1 atom stereocenters. The molecule has 1 saturated heterocycles. The molecule has 82 valence electrons. The van der Waals surface area contributed by atoms with E-state index in [9.17, 15) is 4.39 Å². The van der Waals surface area contributed by atoms with Crippen molar-refractivity contribution in [1.82, 2.24) is 9.88 Å². The van der Waals surface area contributed by atoms with Crippen molar-refractivity contribution in [3.63, 3.8) is 0 Å². The number of hydrogen-bond donors (Lipinski definition) is 0. The van der Waals surface area contributed by atoms with Gasteiger partial charge in [-0.1, -0.05) is 6.92 Å². The van der Waals surface area contributed by atoms with Crippen molar-refractivity contribution in [2.45, 2.75) is 32.2 Å². The minimum absolute atomic E-state index is 0.220. The molecule has 1 unspecified atom stereocenters. The van der Waals surface area contributed by atoms with Gasteiger partial charge < -0.3 is 0 Å². The quantitative estimate of drug-likeness (QED) is 0.742. The summed E-state index contributed by atoms with van der Waals surface area (Å²) in [6.45, 7) is 3.17. The lowest BCUT2D eigenvalue weighted by Gasteiger charge is -2.21. The van der Waals surface area contributed by atoms with E-state index in [1.165, 1.54) is 12.6 Å². The molecular weight excluding hydrogens is 191 g/mol. The molecule has 0 bridgehead atoms. The molecule has 0 spiro atoms. The second kappa shape index (κ2) is 4.27. The molecule has 1 aliphatic heterocycles. The molecule has 0 aromatic carbocycles. The molecule has 1 fully saturated rings. The molecule has 0 saturated carbocycles. The highest BCUT2D eigenvalue weighted by Crippen LogP contribution is 2.32. The van der Waals surface area contributed by atoms with Gasteiger partial charge in [0.2, 0.25) is 0 Å². The Morgan fingerprint density at radius 1 is 1.60 bits per heavy atom. The van der Waals surface area contributed by atoms with E-state index in [0.717, 1.165) is 30.6 Å². The normalized spacial score (nSPS) is 22.2. The first kappa shape index (κ1) is 10.6. The van der Waals surface area contributed by atoms with E-state index in [1.54, 1.807) is 6.07 Å². The zero-order valence-corrected chi connectivity index (χ0v) is 9.33. The van der Waals surface area contributed by atoms with Crippen molar-refractivity contribution in [2.24, 2.45) is 0 Å². The Balaban J connectivity index is 2.36. The third-order valence-electron chi connectivity index (χ3n) is 3.18. The Hall–Kier alpha value is -0.960. The van der Waals surface area contributed by atoms with Gasteiger partial charge in [0, 0.05) is 11.7 Å². The molecule has 2 nitrogen and oxygen atoms in total. The molecule has 0 radical (unpaired) electrons. The fourth-order valence-corrected chi connectivity index (χ4v) is 2.37. The SMILES string of the molecule is CCc1ncc(F)cc1C1CCCN1C. The summed E-state index contributed by atoms with van der Waals surface area (Å²) in [7, 11) is 2.10. The molecule has 1 aliphatic rings. The number of likely N-dealkylation sites (tertiary alicyclic amines) is 1. The standard InChI is InChI=1S/C12H17FN2/c1-3-11-10(7-9(13)8-14-11)12-5-4-6-15(12)2/h7-8,12H,3-6H2,1-2H3. The van der Waals surface area contributed by atoms with Crippen LogP contribution in [0.5, 0.6) is 0 Å². The Labute approximate surface area is 90.1 Å². The lowest BCUT2D eigenvalue weighted by atomic mass is 10.0. The van der Waals surface area contributed by atoms with Crippen LogP contribution >= 0.6 is 0 Å². The highest BCUT2D eigenvalue weighted by Gasteiger charge is 2.25. The van der Waals surface area contributed by atoms with Crippen LogP contribution in [-0.2, 0) is 6.42 Å². The first-order valence-electron chi connectivity index (χ1n) is 5.57. The molecule has 2 rings (SSSR count). The zero-order valence-electron chi connectivity index (χ0n) is 9.33. The number of rotatable bonds is 2. The zero-order chi connectivity index (χ0) is 10.8. The Morgan fingerprint density at radius 2 is 2.40 bits per heavy atom. The third kappa shape index (κ3) is 2.02. The van der Waals surface area contributed by atoms with E-state index in [1.807, 2.05) is 0 Å². The molecule has 15 heavy (non-hydrogen) atoms. The van der Waals surface area contributed by atoms with Crippen LogP contribution in [0.1, 0.15) is 37.1 Å². The van der Waals surface area contributed by atoms with Crippen LogP contribution in [0.2, 0.25) is 0 Å². The third-order valence-corrected chi connectivity index (χ3v) is 3.18. The number of hydrogen-bond acceptors (Lipinski definition) is 2. The van der Waals surface area contributed by atoms with Gasteiger partial charge in [-0.05, 0) is 44.5 Å². The van der Waals surface area contributed by atoms with Gasteiger partial charge in [0.25, 0.3) is 0 Å². The van der Waals surface area contributed by atoms with Crippen molar-refractivity contribution in [3.8, 4) is 0 Å². The summed E-state index contributed by atoms with van der Waals surface area (Å²) in [5.74, 6) is -0.220. The van der Waals surface area contributed by atoms with Gasteiger partial charge in [0.1, 0.15) is 5.82 Å². The van der Waals surface area contributed by atoms with Gasteiger partial charge in [-0.2, -0.15) is 0 Å². The van der Waals surface area contributed by atoms with E-state index < -0.39 is 0 Å². The van der Waals surface area contributed by atoms with Crippen molar-refractivity contribution in [3.05, 3.63) is 29.3 Å². The van der Waals surface area contributed by atoms with Crippen LogP contribution in [0, 0.1) is 5.82 Å². The van der Waals surface area contributed by atoms with Crippen molar-refractivity contribution in [2.75, 3.05) is 13.6 Å². The summed E-state index contributed by atoms with van der Waals surface area (Å²) in [5.41, 5.74) is 2.12. The van der Waals surface area contributed by atoms with Crippen LogP contribution in [-0.4, -0.2) is 23.5 Å². The first-order valence-corrected chi connectivity index (χ1v) is 5.57. The molecule has 0 amide bonds. The summed E-state index contributed by atoms with van der Waals surface area (Å²) in [6.07, 6.45) is 4.51. The fourth-order valence-electron chi connectivity index (χ4n) is 2.37. The van der Waals surface area contributed by atoms with Gasteiger partial charge in [0.15, 0.2) is 0 Å². The Morgan fingerprint density at radius 3 is 3.00 bits per heavy atom. The predicted octanol–water partition coefficient (Wildman–Crippen LogP) is 2.55. The first-order chi connectivity index (χ1) is 7.22. The maximum absolute atomic E-state index is 13.2. The van der Waals surface area contributed by atoms with Gasteiger partial charge in [-0.15, -0.1) is 0 Å². The maximum Gasteiger partial charge on any atom is 0.141 e. The molecule has 1 aromatic rings. The molecule has 0 N–H and O–H groups in total. The monoisotopic (exact) mass is 208 g/mol. The number of nitrogens with zero attached hydrogens (tertiary/aromatic N) is 2. The number of aryl methyl sites for hydroxylation is 1. The van der Waals surface area contributed by atoms with Crippen LogP contribution < -0.4 is 0 Å². The van der Waals surface area contributed by atoms with Gasteiger partial charge in [0.05, 0.1) is 6.20 Å². The second-order valence-corrected chi connectivity index (χ2v) is 4.18. The Kier molecular flexibility index (Phi) is 3.00. The average molecular weight is 208 g/mol. The second-order valence-electron chi connectivity index (χ2n) is 4.18. The minimum Gasteiger partial charge on any atom is -0.299 e. The predicted molar refractivity (Wildman–Crippen MR) is 58.2 cm³/mol. The molecule has 2 heterocycles. The smallest absolute Gasteiger partial charge is 0.141 e. The van der Waals surface area contributed by atoms with Crippen molar-refractivity contribution >= 4 is 0 Å². The van der Waals surface area contributed by atoms with Crippen molar-refractivity contribution in [1.29, 1.82) is 0 Å². The lowest BCUT2D eigenvalue weighted by molar-refractivity contribution is 0.314. The summed E-state index contributed by atoms with van der Waals surface area (Å²) < 4.78 is 13.2. The van der Waals surface area contributed by atoms with E-state index in [2.05, 4.69) is 23.9 Å². The summed E-state index contributed by atoms with van der Waals surface area (Å²) in [4.78, 5) is 6.46. The highest BCUT2D eigenvalue weighted by molar-refractivity contribution is 5.25. The molecule has 1 aromatic heterocycles. The van der Waals surface area contributed by atoms with Crippen LogP contribution in [0.15, 0.2) is 12.3 Å². The van der Waals surface area contributed by atoms with Gasteiger partial charge in [-0.25, -0.2) is 4.39 Å². The van der Waals surface area contributed by atoms with E-state index >= 15 is 0 Å². The van der Waals surface area contributed by atoms with Crippen LogP contribution in [0.25, 0.3) is 0 Å². The van der Waals surface area contributed by atoms with Gasteiger partial charge in [-0.3, -0.25) is 9.88 Å². The van der Waals surface area contributed by atoms with E-state index in [4.69, 9.17) is 0 Å². The number of halogens is 1. The molecular formula is C12H17FN2. The Bertz CT molecular complexity index is 351. The van der Waals surface area contributed by atoms with Crippen LogP contribution in [0.3, 0.4) is 0 Å².